The monoisotopic (exact) mass is 229 g/mol. The summed E-state index contributed by atoms with van der Waals surface area (Å²) in [6, 6.07) is 12.9. The van der Waals surface area contributed by atoms with E-state index in [0.29, 0.717) is 0 Å². The van der Waals surface area contributed by atoms with Crippen LogP contribution in [0.25, 0.3) is 5.69 Å². The normalized spacial score (nSPS) is 12.7. The van der Waals surface area contributed by atoms with E-state index in [9.17, 15) is 0 Å². The lowest BCUT2D eigenvalue weighted by atomic mass is 10.1. The molecular formula is C14H19N3. The zero-order valence-electron chi connectivity index (χ0n) is 10.6. The maximum atomic E-state index is 5.43. The molecule has 0 fully saturated rings. The first-order valence-electron chi connectivity index (χ1n) is 5.85. The predicted molar refractivity (Wildman–Crippen MR) is 71.0 cm³/mol. The van der Waals surface area contributed by atoms with Gasteiger partial charge in [-0.3, -0.25) is 11.3 Å². The van der Waals surface area contributed by atoms with Gasteiger partial charge in [0.1, 0.15) is 0 Å². The minimum Gasteiger partial charge on any atom is -0.319 e. The van der Waals surface area contributed by atoms with Crippen LogP contribution < -0.4 is 11.3 Å². The first kappa shape index (κ1) is 11.9. The average molecular weight is 229 g/mol. The average Bonchev–Trinajstić information content (AvgIpc) is 2.68. The minimum atomic E-state index is 0.177. The van der Waals surface area contributed by atoms with Crippen LogP contribution >= 0.6 is 0 Å². The van der Waals surface area contributed by atoms with E-state index in [1.807, 2.05) is 6.92 Å². The van der Waals surface area contributed by atoms with Gasteiger partial charge in [0.15, 0.2) is 0 Å². The van der Waals surface area contributed by atoms with Crippen LogP contribution in [0.3, 0.4) is 0 Å². The molecule has 0 amide bonds. The maximum Gasteiger partial charge on any atom is 0.0455 e. The van der Waals surface area contributed by atoms with E-state index in [1.165, 1.54) is 22.6 Å². The fourth-order valence-corrected chi connectivity index (χ4v) is 2.08. The van der Waals surface area contributed by atoms with Crippen LogP contribution in [0.5, 0.6) is 0 Å². The van der Waals surface area contributed by atoms with Crippen LogP contribution in [0.2, 0.25) is 0 Å². The number of aryl methyl sites for hydroxylation is 2. The standard InChI is InChI=1S/C14H19N3/c1-10-4-5-11(2)17(10)14-8-6-13(7-9-14)12(3)16-15/h4-9,12,16H,15H2,1-3H3. The molecule has 2 aromatic rings. The number of aromatic nitrogens is 1. The summed E-state index contributed by atoms with van der Waals surface area (Å²) < 4.78 is 2.24. The number of nitrogens with zero attached hydrogens (tertiary/aromatic N) is 1. The topological polar surface area (TPSA) is 43.0 Å². The Morgan fingerprint density at radius 2 is 1.53 bits per heavy atom. The molecular weight excluding hydrogens is 210 g/mol. The molecule has 1 atom stereocenters. The third-order valence-electron chi connectivity index (χ3n) is 3.17. The Labute approximate surface area is 102 Å². The highest BCUT2D eigenvalue weighted by Crippen LogP contribution is 2.19. The highest BCUT2D eigenvalue weighted by molar-refractivity contribution is 5.40. The van der Waals surface area contributed by atoms with E-state index in [0.717, 1.165) is 0 Å². The number of rotatable bonds is 3. The summed E-state index contributed by atoms with van der Waals surface area (Å²) in [6.45, 7) is 6.27. The summed E-state index contributed by atoms with van der Waals surface area (Å²) in [5.74, 6) is 5.43. The summed E-state index contributed by atoms with van der Waals surface area (Å²) in [6.07, 6.45) is 0. The third-order valence-corrected chi connectivity index (χ3v) is 3.17. The highest BCUT2D eigenvalue weighted by Gasteiger charge is 2.05. The summed E-state index contributed by atoms with van der Waals surface area (Å²) in [7, 11) is 0. The number of nitrogens with one attached hydrogen (secondary N) is 1. The van der Waals surface area contributed by atoms with Gasteiger partial charge in [-0.1, -0.05) is 12.1 Å². The Bertz CT molecular complexity index is 477. The fourth-order valence-electron chi connectivity index (χ4n) is 2.08. The molecule has 0 radical (unpaired) electrons. The van der Waals surface area contributed by atoms with Crippen molar-refractivity contribution in [2.24, 2.45) is 5.84 Å². The first-order valence-corrected chi connectivity index (χ1v) is 5.85. The zero-order chi connectivity index (χ0) is 12.4. The van der Waals surface area contributed by atoms with Crippen LogP contribution in [0.1, 0.15) is 29.9 Å². The lowest BCUT2D eigenvalue weighted by Gasteiger charge is -2.13. The molecule has 2 rings (SSSR count). The van der Waals surface area contributed by atoms with E-state index >= 15 is 0 Å². The highest BCUT2D eigenvalue weighted by atomic mass is 15.2. The smallest absolute Gasteiger partial charge is 0.0455 e. The van der Waals surface area contributed by atoms with Crippen LogP contribution in [0.15, 0.2) is 36.4 Å². The van der Waals surface area contributed by atoms with Gasteiger partial charge >= 0.3 is 0 Å². The van der Waals surface area contributed by atoms with Crippen LogP contribution in [0.4, 0.5) is 0 Å². The molecule has 3 heteroatoms. The van der Waals surface area contributed by atoms with Gasteiger partial charge in [-0.25, -0.2) is 0 Å². The van der Waals surface area contributed by atoms with Crippen molar-refractivity contribution in [3.05, 3.63) is 53.3 Å². The van der Waals surface area contributed by atoms with Crippen molar-refractivity contribution in [2.75, 3.05) is 0 Å². The predicted octanol–water partition coefficient (Wildman–Crippen LogP) is 2.62. The number of hydrogen-bond donors (Lipinski definition) is 2. The first-order chi connectivity index (χ1) is 8.13. The summed E-state index contributed by atoms with van der Waals surface area (Å²) in [5, 5.41) is 0. The lowest BCUT2D eigenvalue weighted by Crippen LogP contribution is -2.25. The molecule has 1 unspecified atom stereocenters. The van der Waals surface area contributed by atoms with Crippen molar-refractivity contribution in [3.63, 3.8) is 0 Å². The number of benzene rings is 1. The third kappa shape index (κ3) is 2.25. The fraction of sp³-hybridized carbons (Fsp3) is 0.286. The number of hydrazine groups is 1. The van der Waals surface area contributed by atoms with E-state index in [-0.39, 0.29) is 6.04 Å². The quantitative estimate of drug-likeness (QED) is 0.627. The van der Waals surface area contributed by atoms with Crippen molar-refractivity contribution < 1.29 is 0 Å². The van der Waals surface area contributed by atoms with E-state index in [4.69, 9.17) is 5.84 Å². The molecule has 3 N–H and O–H groups in total. The molecule has 0 spiro atoms. The van der Waals surface area contributed by atoms with Crippen molar-refractivity contribution in [2.45, 2.75) is 26.8 Å². The second-order valence-electron chi connectivity index (χ2n) is 4.43. The molecule has 3 nitrogen and oxygen atoms in total. The van der Waals surface area contributed by atoms with Crippen LogP contribution in [0, 0.1) is 13.8 Å². The van der Waals surface area contributed by atoms with Crippen molar-refractivity contribution >= 4 is 0 Å². The van der Waals surface area contributed by atoms with Crippen LogP contribution in [-0.4, -0.2) is 4.57 Å². The van der Waals surface area contributed by atoms with Gasteiger partial charge in [0.05, 0.1) is 0 Å². The van der Waals surface area contributed by atoms with Gasteiger partial charge < -0.3 is 4.57 Å². The molecule has 90 valence electrons. The van der Waals surface area contributed by atoms with Gasteiger partial charge in [0.25, 0.3) is 0 Å². The molecule has 0 saturated heterocycles. The molecule has 1 heterocycles. The summed E-state index contributed by atoms with van der Waals surface area (Å²) in [4.78, 5) is 0. The van der Waals surface area contributed by atoms with Crippen molar-refractivity contribution in [3.8, 4) is 5.69 Å². The Balaban J connectivity index is 2.36. The molecule has 0 aliphatic heterocycles. The van der Waals surface area contributed by atoms with E-state index in [1.54, 1.807) is 0 Å². The largest absolute Gasteiger partial charge is 0.319 e. The minimum absolute atomic E-state index is 0.177. The van der Waals surface area contributed by atoms with Gasteiger partial charge in [-0.05, 0) is 50.6 Å². The molecule has 0 aliphatic rings. The second-order valence-corrected chi connectivity index (χ2v) is 4.43. The SMILES string of the molecule is Cc1ccc(C)n1-c1ccc(C(C)NN)cc1. The maximum absolute atomic E-state index is 5.43. The molecule has 17 heavy (non-hydrogen) atoms. The van der Waals surface area contributed by atoms with Crippen molar-refractivity contribution in [1.29, 1.82) is 0 Å². The molecule has 1 aromatic carbocycles. The van der Waals surface area contributed by atoms with Gasteiger partial charge in [-0.15, -0.1) is 0 Å². The Kier molecular flexibility index (Phi) is 3.31. The summed E-state index contributed by atoms with van der Waals surface area (Å²) >= 11 is 0. The van der Waals surface area contributed by atoms with E-state index in [2.05, 4.69) is 60.2 Å². The van der Waals surface area contributed by atoms with Crippen LogP contribution in [-0.2, 0) is 0 Å². The number of hydrogen-bond acceptors (Lipinski definition) is 2. The number of nitrogens with two attached hydrogens (primary N) is 1. The van der Waals surface area contributed by atoms with Gasteiger partial charge in [-0.2, -0.15) is 0 Å². The van der Waals surface area contributed by atoms with Gasteiger partial charge in [0, 0.05) is 23.1 Å². The summed E-state index contributed by atoms with van der Waals surface area (Å²) in [5.41, 5.74) is 7.64. The Hall–Kier alpha value is -1.58. The lowest BCUT2D eigenvalue weighted by molar-refractivity contribution is 0.602. The van der Waals surface area contributed by atoms with Crippen molar-refractivity contribution in [1.82, 2.24) is 9.99 Å². The Morgan fingerprint density at radius 3 is 2.00 bits per heavy atom. The van der Waals surface area contributed by atoms with E-state index < -0.39 is 0 Å². The molecule has 0 bridgehead atoms. The second kappa shape index (κ2) is 4.73. The zero-order valence-corrected chi connectivity index (χ0v) is 10.6. The molecule has 1 aromatic heterocycles. The molecule has 0 saturated carbocycles. The van der Waals surface area contributed by atoms with Gasteiger partial charge in [0.2, 0.25) is 0 Å². The Morgan fingerprint density at radius 1 is 1.00 bits per heavy atom. The molecule has 0 aliphatic carbocycles.